The molecule has 0 aromatic rings. The fraction of sp³-hybridized carbons (Fsp3) is 0.909. The van der Waals surface area contributed by atoms with Gasteiger partial charge in [0.25, 0.3) is 0 Å². The highest BCUT2D eigenvalue weighted by atomic mass is 79.9. The summed E-state index contributed by atoms with van der Waals surface area (Å²) in [6.07, 6.45) is 7.93. The van der Waals surface area contributed by atoms with Crippen molar-refractivity contribution in [2.75, 3.05) is 6.61 Å². The molecule has 3 heteroatoms. The normalized spacial score (nSPS) is 21.3. The van der Waals surface area contributed by atoms with Crippen LogP contribution in [0.2, 0.25) is 0 Å². The molecule has 0 amide bonds. The SMILES string of the molecule is CC(=O)OCC(Br)C1CCCCCC1. The van der Waals surface area contributed by atoms with Crippen molar-refractivity contribution in [3.8, 4) is 0 Å². The third-order valence-corrected chi connectivity index (χ3v) is 3.87. The topological polar surface area (TPSA) is 26.3 Å². The van der Waals surface area contributed by atoms with Crippen molar-refractivity contribution in [1.29, 1.82) is 0 Å². The Morgan fingerprint density at radius 2 is 1.93 bits per heavy atom. The van der Waals surface area contributed by atoms with E-state index in [1.165, 1.54) is 45.4 Å². The average Bonchev–Trinajstić information content (AvgIpc) is 2.42. The molecular weight excluding hydrogens is 244 g/mol. The molecule has 0 bridgehead atoms. The number of carbonyl (C=O) groups is 1. The van der Waals surface area contributed by atoms with Crippen molar-refractivity contribution in [2.45, 2.75) is 50.3 Å². The van der Waals surface area contributed by atoms with E-state index >= 15 is 0 Å². The highest BCUT2D eigenvalue weighted by Crippen LogP contribution is 2.29. The van der Waals surface area contributed by atoms with Crippen LogP contribution in [-0.4, -0.2) is 17.4 Å². The van der Waals surface area contributed by atoms with Gasteiger partial charge in [-0.2, -0.15) is 0 Å². The van der Waals surface area contributed by atoms with Gasteiger partial charge in [-0.05, 0) is 18.8 Å². The zero-order valence-electron chi connectivity index (χ0n) is 8.80. The number of alkyl halides is 1. The second-order valence-electron chi connectivity index (χ2n) is 4.07. The summed E-state index contributed by atoms with van der Waals surface area (Å²) in [5.41, 5.74) is 0. The smallest absolute Gasteiger partial charge is 0.302 e. The molecule has 0 aromatic carbocycles. The first-order chi connectivity index (χ1) is 6.70. The molecular formula is C11H19BrO2. The van der Waals surface area contributed by atoms with E-state index in [2.05, 4.69) is 15.9 Å². The summed E-state index contributed by atoms with van der Waals surface area (Å²) < 4.78 is 5.01. The number of carbonyl (C=O) groups excluding carboxylic acids is 1. The van der Waals surface area contributed by atoms with Gasteiger partial charge in [0, 0.05) is 6.92 Å². The third-order valence-electron chi connectivity index (χ3n) is 2.86. The van der Waals surface area contributed by atoms with Crippen LogP contribution in [0.25, 0.3) is 0 Å². The van der Waals surface area contributed by atoms with E-state index in [1.54, 1.807) is 0 Å². The van der Waals surface area contributed by atoms with Gasteiger partial charge in [0.05, 0.1) is 4.83 Å². The zero-order valence-corrected chi connectivity index (χ0v) is 10.4. The van der Waals surface area contributed by atoms with E-state index in [4.69, 9.17) is 4.74 Å². The van der Waals surface area contributed by atoms with Gasteiger partial charge in [-0.3, -0.25) is 4.79 Å². The van der Waals surface area contributed by atoms with E-state index in [0.29, 0.717) is 17.4 Å². The number of hydrogen-bond donors (Lipinski definition) is 0. The maximum atomic E-state index is 10.7. The molecule has 0 aromatic heterocycles. The number of esters is 1. The van der Waals surface area contributed by atoms with Crippen LogP contribution < -0.4 is 0 Å². The number of halogens is 1. The summed E-state index contributed by atoms with van der Waals surface area (Å²) in [5.74, 6) is 0.514. The lowest BCUT2D eigenvalue weighted by atomic mass is 9.97. The summed E-state index contributed by atoms with van der Waals surface area (Å²) >= 11 is 3.63. The summed E-state index contributed by atoms with van der Waals surface area (Å²) in [6, 6.07) is 0. The largest absolute Gasteiger partial charge is 0.465 e. The highest BCUT2D eigenvalue weighted by molar-refractivity contribution is 9.09. The Bertz CT molecular complexity index is 174. The first-order valence-electron chi connectivity index (χ1n) is 5.47. The summed E-state index contributed by atoms with van der Waals surface area (Å²) in [4.78, 5) is 11.0. The zero-order chi connectivity index (χ0) is 10.4. The lowest BCUT2D eigenvalue weighted by molar-refractivity contribution is -0.141. The maximum Gasteiger partial charge on any atom is 0.302 e. The maximum absolute atomic E-state index is 10.7. The van der Waals surface area contributed by atoms with Gasteiger partial charge in [0.2, 0.25) is 0 Å². The minimum absolute atomic E-state index is 0.178. The minimum atomic E-state index is -0.178. The molecule has 0 heterocycles. The first kappa shape index (κ1) is 12.0. The lowest BCUT2D eigenvalue weighted by Crippen LogP contribution is -2.21. The average molecular weight is 263 g/mol. The molecule has 0 radical (unpaired) electrons. The second kappa shape index (κ2) is 6.44. The Kier molecular flexibility index (Phi) is 5.53. The van der Waals surface area contributed by atoms with E-state index in [0.717, 1.165) is 0 Å². The van der Waals surface area contributed by atoms with Crippen LogP contribution in [0.3, 0.4) is 0 Å². The summed E-state index contributed by atoms with van der Waals surface area (Å²) in [7, 11) is 0. The summed E-state index contributed by atoms with van der Waals surface area (Å²) in [5, 5.41) is 0. The molecule has 1 unspecified atom stereocenters. The van der Waals surface area contributed by atoms with Crippen molar-refractivity contribution in [2.24, 2.45) is 5.92 Å². The number of rotatable bonds is 3. The predicted octanol–water partition coefficient (Wildman–Crippen LogP) is 3.28. The molecule has 1 saturated carbocycles. The van der Waals surface area contributed by atoms with Crippen LogP contribution in [-0.2, 0) is 9.53 Å². The minimum Gasteiger partial charge on any atom is -0.465 e. The second-order valence-corrected chi connectivity index (χ2v) is 5.25. The Morgan fingerprint density at radius 3 is 2.43 bits per heavy atom. The van der Waals surface area contributed by atoms with Gasteiger partial charge in [0.15, 0.2) is 0 Å². The van der Waals surface area contributed by atoms with E-state index in [1.807, 2.05) is 0 Å². The van der Waals surface area contributed by atoms with Gasteiger partial charge in [-0.1, -0.05) is 41.6 Å². The first-order valence-corrected chi connectivity index (χ1v) is 6.39. The van der Waals surface area contributed by atoms with Gasteiger partial charge in [-0.15, -0.1) is 0 Å². The van der Waals surface area contributed by atoms with Crippen molar-refractivity contribution in [3.63, 3.8) is 0 Å². The number of hydrogen-bond acceptors (Lipinski definition) is 2. The quantitative estimate of drug-likeness (QED) is 0.443. The van der Waals surface area contributed by atoms with E-state index in [-0.39, 0.29) is 5.97 Å². The van der Waals surface area contributed by atoms with Crippen molar-refractivity contribution in [1.82, 2.24) is 0 Å². The Hall–Kier alpha value is -0.0500. The van der Waals surface area contributed by atoms with Crippen molar-refractivity contribution < 1.29 is 9.53 Å². The number of ether oxygens (including phenoxy) is 1. The van der Waals surface area contributed by atoms with Crippen molar-refractivity contribution in [3.05, 3.63) is 0 Å². The van der Waals surface area contributed by atoms with Crippen LogP contribution in [0.4, 0.5) is 0 Å². The fourth-order valence-corrected chi connectivity index (χ4v) is 2.67. The highest BCUT2D eigenvalue weighted by Gasteiger charge is 2.21. The molecule has 1 rings (SSSR count). The summed E-state index contributed by atoms with van der Waals surface area (Å²) in [6.45, 7) is 1.99. The third kappa shape index (κ3) is 4.45. The van der Waals surface area contributed by atoms with Crippen LogP contribution in [0.15, 0.2) is 0 Å². The molecule has 14 heavy (non-hydrogen) atoms. The van der Waals surface area contributed by atoms with Gasteiger partial charge in [-0.25, -0.2) is 0 Å². The van der Waals surface area contributed by atoms with Crippen LogP contribution in [0.5, 0.6) is 0 Å². The van der Waals surface area contributed by atoms with E-state index in [9.17, 15) is 4.79 Å². The van der Waals surface area contributed by atoms with Crippen LogP contribution in [0, 0.1) is 5.92 Å². The molecule has 1 aliphatic carbocycles. The van der Waals surface area contributed by atoms with Gasteiger partial charge in [0.1, 0.15) is 6.61 Å². The molecule has 0 N–H and O–H groups in total. The van der Waals surface area contributed by atoms with Gasteiger partial charge >= 0.3 is 5.97 Å². The Balaban J connectivity index is 2.26. The molecule has 0 aliphatic heterocycles. The monoisotopic (exact) mass is 262 g/mol. The molecule has 2 nitrogen and oxygen atoms in total. The standard InChI is InChI=1S/C11H19BrO2/c1-9(13)14-8-11(12)10-6-4-2-3-5-7-10/h10-11H,2-8H2,1H3. The Labute approximate surface area is 94.5 Å². The Morgan fingerprint density at radius 1 is 1.36 bits per heavy atom. The molecule has 0 spiro atoms. The van der Waals surface area contributed by atoms with Crippen molar-refractivity contribution >= 4 is 21.9 Å². The lowest BCUT2D eigenvalue weighted by Gasteiger charge is -2.20. The fourth-order valence-electron chi connectivity index (χ4n) is 2.01. The molecule has 1 fully saturated rings. The predicted molar refractivity (Wildman–Crippen MR) is 60.5 cm³/mol. The van der Waals surface area contributed by atoms with Crippen LogP contribution in [0.1, 0.15) is 45.4 Å². The van der Waals surface area contributed by atoms with Crippen LogP contribution >= 0.6 is 15.9 Å². The molecule has 82 valence electrons. The van der Waals surface area contributed by atoms with Gasteiger partial charge < -0.3 is 4.74 Å². The molecule has 1 atom stereocenters. The van der Waals surface area contributed by atoms with E-state index < -0.39 is 0 Å². The molecule has 0 saturated heterocycles. The molecule has 1 aliphatic rings.